The third-order valence-electron chi connectivity index (χ3n) is 4.00. The standard InChI is InChI=1S/C14H18ClF3N2O3S/c1-9-13(20(7-8-23-9)24(21,22)19-2)12(14(16,17)18)10-3-5-11(15)6-4-10/h3-6,9,12-13,19H,7-8H2,1-2H3. The molecule has 136 valence electrons. The maximum absolute atomic E-state index is 13.8. The van der Waals surface area contributed by atoms with Gasteiger partial charge in [0.2, 0.25) is 0 Å². The summed E-state index contributed by atoms with van der Waals surface area (Å²) in [5, 5.41) is 0.298. The lowest BCUT2D eigenvalue weighted by Crippen LogP contribution is -2.59. The van der Waals surface area contributed by atoms with Gasteiger partial charge in [0.25, 0.3) is 10.2 Å². The first-order valence-electron chi connectivity index (χ1n) is 7.22. The number of benzene rings is 1. The van der Waals surface area contributed by atoms with Crippen molar-refractivity contribution in [3.05, 3.63) is 34.9 Å². The molecule has 1 aliphatic heterocycles. The van der Waals surface area contributed by atoms with Crippen LogP contribution in [0.4, 0.5) is 13.2 Å². The average molecular weight is 387 g/mol. The Morgan fingerprint density at radius 3 is 2.42 bits per heavy atom. The molecule has 10 heteroatoms. The van der Waals surface area contributed by atoms with Gasteiger partial charge in [0, 0.05) is 18.6 Å². The van der Waals surface area contributed by atoms with Gasteiger partial charge in [0.1, 0.15) is 0 Å². The zero-order valence-electron chi connectivity index (χ0n) is 13.0. The summed E-state index contributed by atoms with van der Waals surface area (Å²) < 4.78 is 74.0. The van der Waals surface area contributed by atoms with Gasteiger partial charge < -0.3 is 4.74 Å². The minimum absolute atomic E-state index is 0.0315. The topological polar surface area (TPSA) is 58.6 Å². The van der Waals surface area contributed by atoms with Crippen LogP contribution in [0.2, 0.25) is 5.02 Å². The Morgan fingerprint density at radius 1 is 1.33 bits per heavy atom. The molecule has 1 fully saturated rings. The number of alkyl halides is 3. The third-order valence-corrected chi connectivity index (χ3v) is 5.81. The number of hydrogen-bond acceptors (Lipinski definition) is 3. The van der Waals surface area contributed by atoms with Crippen molar-refractivity contribution in [2.75, 3.05) is 20.2 Å². The van der Waals surface area contributed by atoms with Gasteiger partial charge in [-0.05, 0) is 24.6 Å². The van der Waals surface area contributed by atoms with Crippen LogP contribution in [0.15, 0.2) is 24.3 Å². The fraction of sp³-hybridized carbons (Fsp3) is 0.571. The van der Waals surface area contributed by atoms with Crippen molar-refractivity contribution in [3.63, 3.8) is 0 Å². The summed E-state index contributed by atoms with van der Waals surface area (Å²) in [6, 6.07) is 3.79. The lowest BCUT2D eigenvalue weighted by Gasteiger charge is -2.43. The predicted molar refractivity (Wildman–Crippen MR) is 84.1 cm³/mol. The number of ether oxygens (including phenoxy) is 1. The van der Waals surface area contributed by atoms with Gasteiger partial charge in [-0.2, -0.15) is 25.9 Å². The molecule has 1 aromatic rings. The van der Waals surface area contributed by atoms with Gasteiger partial charge >= 0.3 is 6.18 Å². The zero-order chi connectivity index (χ0) is 18.1. The number of hydrogen-bond donors (Lipinski definition) is 1. The van der Waals surface area contributed by atoms with E-state index in [1.807, 2.05) is 0 Å². The van der Waals surface area contributed by atoms with Crippen molar-refractivity contribution < 1.29 is 26.3 Å². The molecule has 1 N–H and O–H groups in total. The zero-order valence-corrected chi connectivity index (χ0v) is 14.6. The summed E-state index contributed by atoms with van der Waals surface area (Å²) in [6.45, 7) is 1.32. The van der Waals surface area contributed by atoms with Gasteiger partial charge in [-0.25, -0.2) is 4.72 Å². The second kappa shape index (κ2) is 7.17. The van der Waals surface area contributed by atoms with E-state index in [-0.39, 0.29) is 18.7 Å². The molecule has 1 saturated heterocycles. The average Bonchev–Trinajstić information content (AvgIpc) is 2.49. The first kappa shape index (κ1) is 19.5. The second-order valence-corrected chi connectivity index (χ2v) is 7.72. The Hall–Kier alpha value is -0.870. The van der Waals surface area contributed by atoms with Crippen molar-refractivity contribution in [1.29, 1.82) is 0 Å². The highest BCUT2D eigenvalue weighted by atomic mass is 35.5. The summed E-state index contributed by atoms with van der Waals surface area (Å²) in [6.07, 6.45) is -5.58. The smallest absolute Gasteiger partial charge is 0.375 e. The third kappa shape index (κ3) is 4.02. The Balaban J connectivity index is 2.54. The van der Waals surface area contributed by atoms with Crippen LogP contribution >= 0.6 is 11.6 Å². The first-order chi connectivity index (χ1) is 11.1. The highest BCUT2D eigenvalue weighted by Crippen LogP contribution is 2.42. The molecule has 0 spiro atoms. The molecular weight excluding hydrogens is 369 g/mol. The number of nitrogens with zero attached hydrogens (tertiary/aromatic N) is 1. The van der Waals surface area contributed by atoms with Crippen LogP contribution in [0.3, 0.4) is 0 Å². The summed E-state index contributed by atoms with van der Waals surface area (Å²) in [7, 11) is -2.88. The molecule has 1 heterocycles. The summed E-state index contributed by atoms with van der Waals surface area (Å²) >= 11 is 5.75. The van der Waals surface area contributed by atoms with Gasteiger partial charge in [-0.1, -0.05) is 23.7 Å². The summed E-state index contributed by atoms with van der Waals surface area (Å²) in [4.78, 5) is 0. The molecule has 0 amide bonds. The lowest BCUT2D eigenvalue weighted by atomic mass is 9.87. The van der Waals surface area contributed by atoms with Crippen molar-refractivity contribution in [3.8, 4) is 0 Å². The molecular formula is C14H18ClF3N2O3S. The lowest BCUT2D eigenvalue weighted by molar-refractivity contribution is -0.179. The fourth-order valence-electron chi connectivity index (χ4n) is 2.90. The minimum atomic E-state index is -4.66. The Kier molecular flexibility index (Phi) is 5.81. The van der Waals surface area contributed by atoms with E-state index < -0.39 is 34.4 Å². The van der Waals surface area contributed by atoms with Crippen LogP contribution in [-0.4, -0.2) is 51.2 Å². The quantitative estimate of drug-likeness (QED) is 0.865. The van der Waals surface area contributed by atoms with E-state index in [2.05, 4.69) is 4.72 Å². The molecule has 3 atom stereocenters. The van der Waals surface area contributed by atoms with E-state index >= 15 is 0 Å². The normalized spacial score (nSPS) is 24.8. The molecule has 1 aromatic carbocycles. The van der Waals surface area contributed by atoms with Crippen LogP contribution in [0, 0.1) is 0 Å². The molecule has 2 rings (SSSR count). The number of nitrogens with one attached hydrogen (secondary N) is 1. The maximum atomic E-state index is 13.8. The molecule has 0 bridgehead atoms. The molecule has 0 saturated carbocycles. The molecule has 24 heavy (non-hydrogen) atoms. The van der Waals surface area contributed by atoms with Crippen LogP contribution in [-0.2, 0) is 14.9 Å². The molecule has 0 radical (unpaired) electrons. The molecule has 1 aliphatic rings. The first-order valence-corrected chi connectivity index (χ1v) is 9.04. The second-order valence-electron chi connectivity index (χ2n) is 5.46. The Bertz CT molecular complexity index is 667. The fourth-order valence-corrected chi connectivity index (χ4v) is 4.18. The van der Waals surface area contributed by atoms with Crippen LogP contribution in [0.25, 0.3) is 0 Å². The van der Waals surface area contributed by atoms with Gasteiger partial charge in [-0.3, -0.25) is 0 Å². The molecule has 0 aliphatic carbocycles. The van der Waals surface area contributed by atoms with Crippen molar-refractivity contribution >= 4 is 21.8 Å². The molecule has 0 aromatic heterocycles. The van der Waals surface area contributed by atoms with E-state index in [0.29, 0.717) is 5.02 Å². The predicted octanol–water partition coefficient (Wildman–Crippen LogP) is 2.54. The van der Waals surface area contributed by atoms with Crippen LogP contribution in [0.1, 0.15) is 18.4 Å². The summed E-state index contributed by atoms with van der Waals surface area (Å²) in [5.41, 5.74) is -0.0643. The van der Waals surface area contributed by atoms with E-state index in [1.165, 1.54) is 31.2 Å². The van der Waals surface area contributed by atoms with Crippen molar-refractivity contribution in [2.45, 2.75) is 31.2 Å². The largest absolute Gasteiger partial charge is 0.397 e. The highest BCUT2D eigenvalue weighted by Gasteiger charge is 2.53. The minimum Gasteiger partial charge on any atom is -0.375 e. The van der Waals surface area contributed by atoms with Crippen LogP contribution in [0.5, 0.6) is 0 Å². The van der Waals surface area contributed by atoms with Crippen LogP contribution < -0.4 is 4.72 Å². The van der Waals surface area contributed by atoms with Crippen molar-refractivity contribution in [1.82, 2.24) is 9.03 Å². The van der Waals surface area contributed by atoms with E-state index in [9.17, 15) is 21.6 Å². The van der Waals surface area contributed by atoms with Crippen molar-refractivity contribution in [2.24, 2.45) is 0 Å². The number of rotatable bonds is 4. The number of morpholine rings is 1. The van der Waals surface area contributed by atoms with E-state index in [0.717, 1.165) is 11.4 Å². The van der Waals surface area contributed by atoms with E-state index in [1.54, 1.807) is 0 Å². The van der Waals surface area contributed by atoms with Gasteiger partial charge in [-0.15, -0.1) is 0 Å². The Labute approximate surface area is 143 Å². The highest BCUT2D eigenvalue weighted by molar-refractivity contribution is 7.87. The maximum Gasteiger partial charge on any atom is 0.397 e. The monoisotopic (exact) mass is 386 g/mol. The van der Waals surface area contributed by atoms with Gasteiger partial charge in [0.05, 0.1) is 24.7 Å². The van der Waals surface area contributed by atoms with Gasteiger partial charge in [0.15, 0.2) is 0 Å². The molecule has 5 nitrogen and oxygen atoms in total. The SMILES string of the molecule is CNS(=O)(=O)N1CCOC(C)C1C(c1ccc(Cl)cc1)C(F)(F)F. The molecule has 3 unspecified atom stereocenters. The summed E-state index contributed by atoms with van der Waals surface area (Å²) in [5.74, 6) is -2.03. The number of halogens is 4. The Morgan fingerprint density at radius 2 is 1.92 bits per heavy atom. The van der Waals surface area contributed by atoms with E-state index in [4.69, 9.17) is 16.3 Å².